The molecule has 30 heavy (non-hydrogen) atoms. The number of ether oxygens (including phenoxy) is 1. The summed E-state index contributed by atoms with van der Waals surface area (Å²) in [7, 11) is 0. The molecule has 2 heterocycles. The van der Waals surface area contributed by atoms with Gasteiger partial charge in [0.15, 0.2) is 5.78 Å². The first-order valence-corrected chi connectivity index (χ1v) is 10.3. The minimum atomic E-state index is -0.416. The SMILES string of the molecule is CCC(=O)c1ccc(Cn2cc(C(=O)NC3CCCOC3)c3c(F)cccc32)cc1. The zero-order chi connectivity index (χ0) is 21.1. The van der Waals surface area contributed by atoms with Crippen molar-refractivity contribution in [3.63, 3.8) is 0 Å². The summed E-state index contributed by atoms with van der Waals surface area (Å²) in [5.74, 6) is -0.607. The fourth-order valence-corrected chi connectivity index (χ4v) is 3.93. The van der Waals surface area contributed by atoms with Gasteiger partial charge in [0, 0.05) is 36.7 Å². The Hall–Kier alpha value is -2.99. The lowest BCUT2D eigenvalue weighted by Gasteiger charge is -2.22. The highest BCUT2D eigenvalue weighted by atomic mass is 19.1. The fourth-order valence-electron chi connectivity index (χ4n) is 3.93. The number of amides is 1. The molecule has 1 saturated heterocycles. The first-order chi connectivity index (χ1) is 14.6. The maximum absolute atomic E-state index is 14.7. The number of hydrogen-bond acceptors (Lipinski definition) is 3. The van der Waals surface area contributed by atoms with Gasteiger partial charge in [0.2, 0.25) is 0 Å². The molecule has 156 valence electrons. The van der Waals surface area contributed by atoms with Crippen molar-refractivity contribution in [2.24, 2.45) is 0 Å². The van der Waals surface area contributed by atoms with Gasteiger partial charge in [-0.2, -0.15) is 0 Å². The Kier molecular flexibility index (Phi) is 5.95. The van der Waals surface area contributed by atoms with E-state index in [1.54, 1.807) is 12.3 Å². The van der Waals surface area contributed by atoms with Crippen LogP contribution in [0.3, 0.4) is 0 Å². The van der Waals surface area contributed by atoms with E-state index in [4.69, 9.17) is 4.74 Å². The third kappa shape index (κ3) is 4.14. The van der Waals surface area contributed by atoms with Gasteiger partial charge < -0.3 is 14.6 Å². The lowest BCUT2D eigenvalue weighted by atomic mass is 10.1. The molecule has 0 radical (unpaired) electrons. The largest absolute Gasteiger partial charge is 0.379 e. The Morgan fingerprint density at radius 1 is 1.20 bits per heavy atom. The van der Waals surface area contributed by atoms with Crippen LogP contribution < -0.4 is 5.32 Å². The van der Waals surface area contributed by atoms with Crippen LogP contribution in [-0.4, -0.2) is 35.5 Å². The molecule has 0 bridgehead atoms. The van der Waals surface area contributed by atoms with Crippen molar-refractivity contribution >= 4 is 22.6 Å². The van der Waals surface area contributed by atoms with Gasteiger partial charge in [0.25, 0.3) is 5.91 Å². The number of halogens is 1. The summed E-state index contributed by atoms with van der Waals surface area (Å²) < 4.78 is 22.0. The molecule has 0 saturated carbocycles. The average molecular weight is 408 g/mol. The van der Waals surface area contributed by atoms with E-state index in [0.717, 1.165) is 18.4 Å². The van der Waals surface area contributed by atoms with E-state index in [9.17, 15) is 14.0 Å². The van der Waals surface area contributed by atoms with Gasteiger partial charge in [-0.3, -0.25) is 9.59 Å². The highest BCUT2D eigenvalue weighted by Crippen LogP contribution is 2.26. The van der Waals surface area contributed by atoms with Gasteiger partial charge in [-0.1, -0.05) is 37.3 Å². The van der Waals surface area contributed by atoms with E-state index in [1.807, 2.05) is 41.8 Å². The minimum absolute atomic E-state index is 0.0555. The van der Waals surface area contributed by atoms with Crippen molar-refractivity contribution in [1.29, 1.82) is 0 Å². The lowest BCUT2D eigenvalue weighted by Crippen LogP contribution is -2.40. The molecular formula is C24H25FN2O3. The van der Waals surface area contributed by atoms with Gasteiger partial charge in [-0.15, -0.1) is 0 Å². The van der Waals surface area contributed by atoms with Crippen LogP contribution in [0.5, 0.6) is 0 Å². The quantitative estimate of drug-likeness (QED) is 0.618. The monoisotopic (exact) mass is 408 g/mol. The number of aromatic nitrogens is 1. The number of fused-ring (bicyclic) bond motifs is 1. The summed E-state index contributed by atoms with van der Waals surface area (Å²) in [5, 5.41) is 3.30. The van der Waals surface area contributed by atoms with E-state index in [0.29, 0.717) is 48.2 Å². The van der Waals surface area contributed by atoms with Gasteiger partial charge in [0.05, 0.1) is 23.7 Å². The summed E-state index contributed by atoms with van der Waals surface area (Å²) in [6.07, 6.45) is 3.93. The minimum Gasteiger partial charge on any atom is -0.379 e. The number of ketones is 1. The third-order valence-electron chi connectivity index (χ3n) is 5.55. The van der Waals surface area contributed by atoms with Crippen LogP contribution in [0.4, 0.5) is 4.39 Å². The number of Topliss-reactive ketones (excluding diaryl/α,β-unsaturated/α-hetero) is 1. The Morgan fingerprint density at radius 3 is 2.70 bits per heavy atom. The van der Waals surface area contributed by atoms with Crippen LogP contribution in [0.1, 0.15) is 52.5 Å². The number of nitrogens with one attached hydrogen (secondary N) is 1. The Balaban J connectivity index is 1.63. The molecule has 1 aliphatic heterocycles. The maximum atomic E-state index is 14.7. The normalized spacial score (nSPS) is 16.5. The second-order valence-electron chi connectivity index (χ2n) is 7.67. The topological polar surface area (TPSA) is 60.3 Å². The van der Waals surface area contributed by atoms with Crippen molar-refractivity contribution in [2.75, 3.05) is 13.2 Å². The molecule has 5 nitrogen and oxygen atoms in total. The van der Waals surface area contributed by atoms with Crippen molar-refractivity contribution in [3.05, 3.63) is 71.2 Å². The molecule has 1 aliphatic rings. The molecule has 1 fully saturated rings. The van der Waals surface area contributed by atoms with Crippen molar-refractivity contribution in [1.82, 2.24) is 9.88 Å². The number of rotatable bonds is 6. The summed E-state index contributed by atoms with van der Waals surface area (Å²) in [6.45, 7) is 3.50. The zero-order valence-electron chi connectivity index (χ0n) is 17.0. The molecule has 1 aromatic heterocycles. The van der Waals surface area contributed by atoms with Gasteiger partial charge in [-0.25, -0.2) is 4.39 Å². The van der Waals surface area contributed by atoms with Crippen molar-refractivity contribution in [2.45, 2.75) is 38.8 Å². The van der Waals surface area contributed by atoms with Crippen LogP contribution in [0.15, 0.2) is 48.7 Å². The molecule has 0 aliphatic carbocycles. The molecule has 1 atom stereocenters. The van der Waals surface area contributed by atoms with Crippen LogP contribution in [0.2, 0.25) is 0 Å². The Labute approximate surface area is 174 Å². The molecule has 1 unspecified atom stereocenters. The number of benzene rings is 2. The third-order valence-corrected chi connectivity index (χ3v) is 5.55. The fraction of sp³-hybridized carbons (Fsp3) is 0.333. The average Bonchev–Trinajstić information content (AvgIpc) is 3.14. The van der Waals surface area contributed by atoms with Crippen molar-refractivity contribution < 1.29 is 18.7 Å². The van der Waals surface area contributed by atoms with E-state index >= 15 is 0 Å². The van der Waals surface area contributed by atoms with Crippen LogP contribution in [0, 0.1) is 5.82 Å². The summed E-state index contributed by atoms with van der Waals surface area (Å²) >= 11 is 0. The maximum Gasteiger partial charge on any atom is 0.253 e. The van der Waals surface area contributed by atoms with Gasteiger partial charge in [-0.05, 0) is 30.5 Å². The first-order valence-electron chi connectivity index (χ1n) is 10.3. The van der Waals surface area contributed by atoms with Crippen LogP contribution in [0.25, 0.3) is 10.9 Å². The van der Waals surface area contributed by atoms with E-state index in [1.165, 1.54) is 6.07 Å². The Morgan fingerprint density at radius 2 is 2.00 bits per heavy atom. The molecule has 0 spiro atoms. The zero-order valence-corrected chi connectivity index (χ0v) is 17.0. The van der Waals surface area contributed by atoms with Crippen LogP contribution >= 0.6 is 0 Å². The standard InChI is InChI=1S/C24H25FN2O3/c1-2-22(28)17-10-8-16(9-11-17)13-27-14-19(23-20(25)6-3-7-21(23)27)24(29)26-18-5-4-12-30-15-18/h3,6-11,14,18H,2,4-5,12-13,15H2,1H3,(H,26,29). The second kappa shape index (κ2) is 8.79. The number of nitrogens with zero attached hydrogens (tertiary/aromatic N) is 1. The second-order valence-corrected chi connectivity index (χ2v) is 7.67. The van der Waals surface area contributed by atoms with Crippen LogP contribution in [-0.2, 0) is 11.3 Å². The molecule has 4 rings (SSSR count). The predicted molar refractivity (Wildman–Crippen MR) is 113 cm³/mol. The highest BCUT2D eigenvalue weighted by Gasteiger charge is 2.22. The van der Waals surface area contributed by atoms with Crippen molar-refractivity contribution in [3.8, 4) is 0 Å². The van der Waals surface area contributed by atoms with Gasteiger partial charge >= 0.3 is 0 Å². The van der Waals surface area contributed by atoms with E-state index in [-0.39, 0.29) is 17.7 Å². The van der Waals surface area contributed by atoms with Gasteiger partial charge in [0.1, 0.15) is 5.82 Å². The molecule has 6 heteroatoms. The molecule has 2 aromatic carbocycles. The molecular weight excluding hydrogens is 383 g/mol. The number of carbonyl (C=O) groups is 2. The summed E-state index contributed by atoms with van der Waals surface area (Å²) in [6, 6.07) is 12.2. The highest BCUT2D eigenvalue weighted by molar-refractivity contribution is 6.07. The van der Waals surface area contributed by atoms with E-state index in [2.05, 4.69) is 5.32 Å². The molecule has 3 aromatic rings. The van der Waals surface area contributed by atoms with E-state index < -0.39 is 5.82 Å². The summed E-state index contributed by atoms with van der Waals surface area (Å²) in [4.78, 5) is 24.8. The lowest BCUT2D eigenvalue weighted by molar-refractivity contribution is 0.0624. The number of hydrogen-bond donors (Lipinski definition) is 1. The first kappa shape index (κ1) is 20.3. The smallest absolute Gasteiger partial charge is 0.253 e. The molecule has 1 N–H and O–H groups in total. The predicted octanol–water partition coefficient (Wildman–Crippen LogP) is 4.33. The number of carbonyl (C=O) groups excluding carboxylic acids is 2. The summed E-state index contributed by atoms with van der Waals surface area (Å²) in [5.41, 5.74) is 2.64. The Bertz CT molecular complexity index is 1070. The molecule has 1 amide bonds.